The largest absolute Gasteiger partial charge is 0.369 e. The van der Waals surface area contributed by atoms with E-state index >= 15 is 0 Å². The molecule has 2 nitrogen and oxygen atoms in total. The van der Waals surface area contributed by atoms with Crippen LogP contribution in [0.5, 0.6) is 0 Å². The molecule has 3 heteroatoms. The first-order chi connectivity index (χ1) is 8.11. The van der Waals surface area contributed by atoms with Gasteiger partial charge in [-0.1, -0.05) is 15.9 Å². The van der Waals surface area contributed by atoms with Crippen LogP contribution in [-0.2, 0) is 6.54 Å². The second-order valence-corrected chi connectivity index (χ2v) is 6.08. The molecule has 1 fully saturated rings. The standard InChI is InChI=1S/C14H21BrN2/c1-10(2)17(9-11-3-4-11)14-6-5-13(15)7-12(14)8-16/h5-7,10-11H,3-4,8-9,16H2,1-2H3. The molecule has 1 aliphatic carbocycles. The lowest BCUT2D eigenvalue weighted by Crippen LogP contribution is -2.33. The first-order valence-corrected chi connectivity index (χ1v) is 7.16. The van der Waals surface area contributed by atoms with Crippen molar-refractivity contribution in [1.29, 1.82) is 0 Å². The van der Waals surface area contributed by atoms with Crippen molar-refractivity contribution in [3.05, 3.63) is 28.2 Å². The average molecular weight is 297 g/mol. The SMILES string of the molecule is CC(C)N(CC1CC1)c1ccc(Br)cc1CN. The fourth-order valence-electron chi connectivity index (χ4n) is 2.16. The van der Waals surface area contributed by atoms with Crippen LogP contribution < -0.4 is 10.6 Å². The molecule has 1 saturated carbocycles. The number of rotatable bonds is 5. The molecular formula is C14H21BrN2. The van der Waals surface area contributed by atoms with Crippen molar-refractivity contribution in [1.82, 2.24) is 0 Å². The van der Waals surface area contributed by atoms with E-state index in [0.717, 1.165) is 10.4 Å². The molecule has 1 aromatic carbocycles. The van der Waals surface area contributed by atoms with Crippen molar-refractivity contribution in [2.75, 3.05) is 11.4 Å². The third kappa shape index (κ3) is 3.23. The van der Waals surface area contributed by atoms with E-state index in [2.05, 4.69) is 52.9 Å². The highest BCUT2D eigenvalue weighted by molar-refractivity contribution is 9.10. The minimum Gasteiger partial charge on any atom is -0.369 e. The summed E-state index contributed by atoms with van der Waals surface area (Å²) in [6.07, 6.45) is 2.77. The van der Waals surface area contributed by atoms with Gasteiger partial charge in [-0.05, 0) is 56.4 Å². The number of nitrogens with two attached hydrogens (primary N) is 1. The van der Waals surface area contributed by atoms with Crippen molar-refractivity contribution in [2.45, 2.75) is 39.3 Å². The van der Waals surface area contributed by atoms with Gasteiger partial charge in [-0.15, -0.1) is 0 Å². The Morgan fingerprint density at radius 3 is 2.65 bits per heavy atom. The molecule has 0 aromatic heterocycles. The number of nitrogens with zero attached hydrogens (tertiary/aromatic N) is 1. The maximum absolute atomic E-state index is 5.86. The summed E-state index contributed by atoms with van der Waals surface area (Å²) in [6, 6.07) is 6.96. The van der Waals surface area contributed by atoms with Gasteiger partial charge in [0.1, 0.15) is 0 Å². The van der Waals surface area contributed by atoms with E-state index in [1.807, 2.05) is 0 Å². The third-order valence-corrected chi connectivity index (χ3v) is 3.84. The van der Waals surface area contributed by atoms with Crippen molar-refractivity contribution >= 4 is 21.6 Å². The van der Waals surface area contributed by atoms with Crippen LogP contribution in [0.2, 0.25) is 0 Å². The summed E-state index contributed by atoms with van der Waals surface area (Å²) in [5.74, 6) is 0.895. The van der Waals surface area contributed by atoms with E-state index in [-0.39, 0.29) is 0 Å². The van der Waals surface area contributed by atoms with Crippen LogP contribution in [0.15, 0.2) is 22.7 Å². The molecule has 1 aromatic rings. The Kier molecular flexibility index (Phi) is 4.10. The van der Waals surface area contributed by atoms with Gasteiger partial charge in [-0.2, -0.15) is 0 Å². The molecule has 0 radical (unpaired) electrons. The summed E-state index contributed by atoms with van der Waals surface area (Å²) in [4.78, 5) is 2.49. The Labute approximate surface area is 112 Å². The van der Waals surface area contributed by atoms with Gasteiger partial charge in [0.2, 0.25) is 0 Å². The second-order valence-electron chi connectivity index (χ2n) is 5.17. The molecule has 0 aliphatic heterocycles. The van der Waals surface area contributed by atoms with Crippen molar-refractivity contribution < 1.29 is 0 Å². The number of hydrogen-bond donors (Lipinski definition) is 1. The normalized spacial score (nSPS) is 15.4. The summed E-state index contributed by atoms with van der Waals surface area (Å²) in [7, 11) is 0. The van der Waals surface area contributed by atoms with Gasteiger partial charge >= 0.3 is 0 Å². The van der Waals surface area contributed by atoms with Crippen molar-refractivity contribution in [3.8, 4) is 0 Å². The van der Waals surface area contributed by atoms with E-state index in [1.54, 1.807) is 0 Å². The van der Waals surface area contributed by atoms with E-state index < -0.39 is 0 Å². The van der Waals surface area contributed by atoms with Gasteiger partial charge in [0.15, 0.2) is 0 Å². The summed E-state index contributed by atoms with van der Waals surface area (Å²) in [5.41, 5.74) is 8.39. The molecule has 17 heavy (non-hydrogen) atoms. The Morgan fingerprint density at radius 2 is 2.12 bits per heavy atom. The number of halogens is 1. The zero-order valence-electron chi connectivity index (χ0n) is 10.6. The maximum Gasteiger partial charge on any atom is 0.0414 e. The van der Waals surface area contributed by atoms with Crippen LogP contribution in [-0.4, -0.2) is 12.6 Å². The molecule has 0 unspecified atom stereocenters. The molecular weight excluding hydrogens is 276 g/mol. The highest BCUT2D eigenvalue weighted by atomic mass is 79.9. The number of anilines is 1. The quantitative estimate of drug-likeness (QED) is 0.901. The molecule has 2 rings (SSSR count). The van der Waals surface area contributed by atoms with E-state index in [4.69, 9.17) is 5.73 Å². The fraction of sp³-hybridized carbons (Fsp3) is 0.571. The summed E-state index contributed by atoms with van der Waals surface area (Å²) < 4.78 is 1.11. The van der Waals surface area contributed by atoms with Crippen LogP contribution in [0.25, 0.3) is 0 Å². The molecule has 2 N–H and O–H groups in total. The number of hydrogen-bond acceptors (Lipinski definition) is 2. The Morgan fingerprint density at radius 1 is 1.41 bits per heavy atom. The van der Waals surface area contributed by atoms with Gasteiger partial charge in [0.25, 0.3) is 0 Å². The lowest BCUT2D eigenvalue weighted by atomic mass is 10.1. The smallest absolute Gasteiger partial charge is 0.0414 e. The molecule has 0 saturated heterocycles. The minimum atomic E-state index is 0.530. The molecule has 94 valence electrons. The topological polar surface area (TPSA) is 29.3 Å². The van der Waals surface area contributed by atoms with Crippen LogP contribution >= 0.6 is 15.9 Å². The maximum atomic E-state index is 5.86. The van der Waals surface area contributed by atoms with Gasteiger partial charge in [-0.25, -0.2) is 0 Å². The highest BCUT2D eigenvalue weighted by Crippen LogP contribution is 2.34. The van der Waals surface area contributed by atoms with Crippen molar-refractivity contribution in [2.24, 2.45) is 11.7 Å². The Hall–Kier alpha value is -0.540. The Bertz CT molecular complexity index is 386. The van der Waals surface area contributed by atoms with E-state index in [1.165, 1.54) is 30.6 Å². The van der Waals surface area contributed by atoms with Crippen LogP contribution in [0.4, 0.5) is 5.69 Å². The summed E-state index contributed by atoms with van der Waals surface area (Å²) in [6.45, 7) is 6.28. The first-order valence-electron chi connectivity index (χ1n) is 6.37. The monoisotopic (exact) mass is 296 g/mol. The zero-order valence-corrected chi connectivity index (χ0v) is 12.2. The molecule has 0 heterocycles. The van der Waals surface area contributed by atoms with Crippen molar-refractivity contribution in [3.63, 3.8) is 0 Å². The number of benzene rings is 1. The molecule has 0 amide bonds. The van der Waals surface area contributed by atoms with Gasteiger partial charge < -0.3 is 10.6 Å². The van der Waals surface area contributed by atoms with E-state index in [0.29, 0.717) is 12.6 Å². The fourth-order valence-corrected chi connectivity index (χ4v) is 2.57. The van der Waals surface area contributed by atoms with Gasteiger partial charge in [-0.3, -0.25) is 0 Å². The lowest BCUT2D eigenvalue weighted by molar-refractivity contribution is 0.641. The lowest BCUT2D eigenvalue weighted by Gasteiger charge is -2.31. The predicted octanol–water partition coefficient (Wildman–Crippen LogP) is 3.53. The van der Waals surface area contributed by atoms with Crippen LogP contribution in [0, 0.1) is 5.92 Å². The Balaban J connectivity index is 2.26. The molecule has 0 spiro atoms. The zero-order chi connectivity index (χ0) is 12.4. The van der Waals surface area contributed by atoms with Crippen LogP contribution in [0.1, 0.15) is 32.3 Å². The highest BCUT2D eigenvalue weighted by Gasteiger charge is 2.26. The first kappa shape index (κ1) is 12.9. The summed E-state index contributed by atoms with van der Waals surface area (Å²) >= 11 is 3.51. The summed E-state index contributed by atoms with van der Waals surface area (Å²) in [5, 5.41) is 0. The minimum absolute atomic E-state index is 0.530. The third-order valence-electron chi connectivity index (χ3n) is 3.35. The van der Waals surface area contributed by atoms with Gasteiger partial charge in [0, 0.05) is 29.3 Å². The van der Waals surface area contributed by atoms with E-state index in [9.17, 15) is 0 Å². The second kappa shape index (κ2) is 5.40. The molecule has 0 atom stereocenters. The molecule has 1 aliphatic rings. The van der Waals surface area contributed by atoms with Crippen LogP contribution in [0.3, 0.4) is 0 Å². The molecule has 0 bridgehead atoms. The average Bonchev–Trinajstić information content (AvgIpc) is 3.09. The predicted molar refractivity (Wildman–Crippen MR) is 77.2 cm³/mol. The van der Waals surface area contributed by atoms with Gasteiger partial charge in [0.05, 0.1) is 0 Å².